The molecular formula is H4BeCaO2. The number of hydrogen-bond donors (Lipinski definition) is 0. The fourth-order valence-corrected chi connectivity index (χ4v) is 0. The van der Waals surface area contributed by atoms with Gasteiger partial charge in [-0.05, 0) is 0 Å². The van der Waals surface area contributed by atoms with Crippen LogP contribution in [0.4, 0.5) is 0 Å². The summed E-state index contributed by atoms with van der Waals surface area (Å²) >= 11 is 0. The van der Waals surface area contributed by atoms with E-state index in [9.17, 15) is 0 Å². The summed E-state index contributed by atoms with van der Waals surface area (Å²) in [6.07, 6.45) is 0. The van der Waals surface area contributed by atoms with Crippen molar-refractivity contribution in [2.24, 2.45) is 0 Å². The van der Waals surface area contributed by atoms with Gasteiger partial charge in [0.05, 0.1) is 0 Å². The minimum absolute atomic E-state index is 0. The molecule has 0 radical (unpaired) electrons. The van der Waals surface area contributed by atoms with Crippen LogP contribution in [0.5, 0.6) is 0 Å². The van der Waals surface area contributed by atoms with Crippen LogP contribution >= 0.6 is 0 Å². The Morgan fingerprint density at radius 1 is 1.00 bits per heavy atom. The first-order chi connectivity index (χ1) is 0. The Labute approximate surface area is 61.4 Å². The second-order valence-electron chi connectivity index (χ2n) is 0. The summed E-state index contributed by atoms with van der Waals surface area (Å²) in [5, 5.41) is 0. The van der Waals surface area contributed by atoms with E-state index in [1.165, 1.54) is 0 Å². The summed E-state index contributed by atoms with van der Waals surface area (Å²) in [6, 6.07) is 0. The maximum Gasteiger partial charge on any atom is 2.00 e. The largest absolute Gasteiger partial charge is 2.00 e. The molecule has 0 aliphatic heterocycles. The topological polar surface area (TPSA) is 60.0 Å². The zero-order chi connectivity index (χ0) is 0. The van der Waals surface area contributed by atoms with Crippen LogP contribution in [-0.4, -0.2) is 58.8 Å². The van der Waals surface area contributed by atoms with Gasteiger partial charge >= 0.3 is 47.9 Å². The second-order valence-corrected chi connectivity index (χ2v) is 0. The maximum absolute atomic E-state index is 0. The SMILES string of the molecule is [Be+2].[Ca+2].[H-].[H-].[OH-].[OH-]. The van der Waals surface area contributed by atoms with Crippen molar-refractivity contribution in [3.63, 3.8) is 0 Å². The molecule has 0 aliphatic rings. The van der Waals surface area contributed by atoms with Crippen molar-refractivity contribution in [2.45, 2.75) is 0 Å². The van der Waals surface area contributed by atoms with Crippen molar-refractivity contribution >= 4 is 47.9 Å². The van der Waals surface area contributed by atoms with Crippen LogP contribution in [0.3, 0.4) is 0 Å². The van der Waals surface area contributed by atoms with Gasteiger partial charge in [0.25, 0.3) is 0 Å². The third-order valence-corrected chi connectivity index (χ3v) is 0. The maximum atomic E-state index is 0. The van der Waals surface area contributed by atoms with Gasteiger partial charge in [0.1, 0.15) is 0 Å². The normalized spacial score (nSPS) is 0. The molecule has 0 spiro atoms. The predicted octanol–water partition coefficient (Wildman–Crippen LogP) is -0.890. The summed E-state index contributed by atoms with van der Waals surface area (Å²) in [5.41, 5.74) is 0. The first-order valence-corrected chi connectivity index (χ1v) is 0. The predicted molar refractivity (Wildman–Crippen MR) is 17.6 cm³/mol. The summed E-state index contributed by atoms with van der Waals surface area (Å²) in [6.45, 7) is 0. The first kappa shape index (κ1) is 55.6. The molecule has 0 heterocycles. The van der Waals surface area contributed by atoms with E-state index in [1.54, 1.807) is 0 Å². The Morgan fingerprint density at radius 2 is 1.00 bits per heavy atom. The molecule has 2 N–H and O–H groups in total. The molecule has 4 heavy (non-hydrogen) atoms. The second kappa shape index (κ2) is 26.8. The number of hydrogen-bond acceptors (Lipinski definition) is 2. The van der Waals surface area contributed by atoms with Crippen molar-refractivity contribution in [3.05, 3.63) is 0 Å². The van der Waals surface area contributed by atoms with Crippen LogP contribution in [0.15, 0.2) is 0 Å². The third-order valence-electron chi connectivity index (χ3n) is 0. The number of rotatable bonds is 0. The van der Waals surface area contributed by atoms with Crippen molar-refractivity contribution in [1.29, 1.82) is 0 Å². The van der Waals surface area contributed by atoms with E-state index < -0.39 is 0 Å². The molecule has 0 aromatic carbocycles. The molecule has 0 rings (SSSR count). The van der Waals surface area contributed by atoms with E-state index in [4.69, 9.17) is 0 Å². The van der Waals surface area contributed by atoms with E-state index in [0.717, 1.165) is 0 Å². The molecule has 2 nitrogen and oxygen atoms in total. The monoisotopic (exact) mass is 85.0 g/mol. The molecule has 0 aromatic rings. The Bertz CT molecular complexity index is 11.5. The standard InChI is InChI=1S/Be.Ca.2H2O.2H/h;;2*1H2;;/q2*+2;;;2*-1/p-2. The molecule has 0 amide bonds. The smallest absolute Gasteiger partial charge is 1.00 e. The van der Waals surface area contributed by atoms with Gasteiger partial charge < -0.3 is 13.8 Å². The quantitative estimate of drug-likeness (QED) is 0.358. The van der Waals surface area contributed by atoms with Crippen LogP contribution in [0.1, 0.15) is 2.85 Å². The van der Waals surface area contributed by atoms with Gasteiger partial charge in [0.15, 0.2) is 0 Å². The van der Waals surface area contributed by atoms with E-state index in [1.807, 2.05) is 0 Å². The van der Waals surface area contributed by atoms with Crippen LogP contribution in [-0.2, 0) is 0 Å². The molecular weight excluding hydrogens is 81.1 g/mol. The molecule has 20 valence electrons. The summed E-state index contributed by atoms with van der Waals surface area (Å²) < 4.78 is 0. The van der Waals surface area contributed by atoms with E-state index in [-0.39, 0.29) is 61.7 Å². The molecule has 0 saturated heterocycles. The first-order valence-electron chi connectivity index (χ1n) is 0. The average Bonchev–Trinajstić information content (AvgIpc) is 0. The summed E-state index contributed by atoms with van der Waals surface area (Å²) in [4.78, 5) is 0. The zero-order valence-electron chi connectivity index (χ0n) is 4.31. The molecule has 0 atom stereocenters. The Balaban J connectivity index is 0. The molecule has 0 unspecified atom stereocenters. The molecule has 4 heteroatoms. The Hall–Kier alpha value is 1.35. The Morgan fingerprint density at radius 3 is 1.00 bits per heavy atom. The fraction of sp³-hybridized carbons (Fsp3) is 0. The minimum atomic E-state index is 0. The van der Waals surface area contributed by atoms with E-state index >= 15 is 0 Å². The van der Waals surface area contributed by atoms with E-state index in [2.05, 4.69) is 0 Å². The van der Waals surface area contributed by atoms with Crippen LogP contribution in [0.2, 0.25) is 0 Å². The van der Waals surface area contributed by atoms with Crippen LogP contribution in [0.25, 0.3) is 0 Å². The van der Waals surface area contributed by atoms with Crippen LogP contribution < -0.4 is 0 Å². The van der Waals surface area contributed by atoms with Crippen molar-refractivity contribution in [2.75, 3.05) is 0 Å². The summed E-state index contributed by atoms with van der Waals surface area (Å²) in [5.74, 6) is 0. The average molecular weight is 85.1 g/mol. The van der Waals surface area contributed by atoms with Gasteiger partial charge in [0.2, 0.25) is 0 Å². The Kier molecular flexibility index (Phi) is 373. The summed E-state index contributed by atoms with van der Waals surface area (Å²) in [7, 11) is 0. The van der Waals surface area contributed by atoms with Crippen molar-refractivity contribution in [1.82, 2.24) is 0 Å². The van der Waals surface area contributed by atoms with Gasteiger partial charge in [-0.2, -0.15) is 0 Å². The van der Waals surface area contributed by atoms with Gasteiger partial charge in [0, 0.05) is 0 Å². The molecule has 0 aliphatic carbocycles. The van der Waals surface area contributed by atoms with Gasteiger partial charge in [-0.15, -0.1) is 0 Å². The van der Waals surface area contributed by atoms with Gasteiger partial charge in [-0.3, -0.25) is 0 Å². The van der Waals surface area contributed by atoms with Crippen molar-refractivity contribution in [3.8, 4) is 0 Å². The third kappa shape index (κ3) is 10.2. The fourth-order valence-electron chi connectivity index (χ4n) is 0. The minimum Gasteiger partial charge on any atom is -1.00 e. The van der Waals surface area contributed by atoms with E-state index in [0.29, 0.717) is 0 Å². The molecule has 0 bridgehead atoms. The van der Waals surface area contributed by atoms with Gasteiger partial charge in [-0.1, -0.05) is 0 Å². The van der Waals surface area contributed by atoms with Crippen molar-refractivity contribution < 1.29 is 13.8 Å². The zero-order valence-corrected chi connectivity index (χ0v) is 4.52. The molecule has 0 aromatic heterocycles. The molecule has 0 fully saturated rings. The van der Waals surface area contributed by atoms with Crippen LogP contribution in [0, 0.1) is 0 Å². The van der Waals surface area contributed by atoms with Gasteiger partial charge in [-0.25, -0.2) is 0 Å². The molecule has 0 saturated carbocycles.